The molecule has 2 aromatic heterocycles. The van der Waals surface area contributed by atoms with Crippen LogP contribution >= 0.6 is 0 Å². The van der Waals surface area contributed by atoms with E-state index >= 15 is 0 Å². The van der Waals surface area contributed by atoms with Gasteiger partial charge in [0.2, 0.25) is 0 Å². The zero-order chi connectivity index (χ0) is 9.10. The van der Waals surface area contributed by atoms with Crippen molar-refractivity contribution < 1.29 is 0 Å². The van der Waals surface area contributed by atoms with Gasteiger partial charge in [0.1, 0.15) is 0 Å². The zero-order valence-corrected chi connectivity index (χ0v) is 7.64. The first kappa shape index (κ1) is 8.05. The Balaban J connectivity index is 2.47. The summed E-state index contributed by atoms with van der Waals surface area (Å²) in [7, 11) is 0. The molecular formula is C11H12N2. The van der Waals surface area contributed by atoms with Crippen molar-refractivity contribution in [2.45, 2.75) is 13.5 Å². The van der Waals surface area contributed by atoms with Crippen molar-refractivity contribution in [2.24, 2.45) is 0 Å². The molecule has 0 amide bonds. The third kappa shape index (κ3) is 1.47. The molecule has 0 N–H and O–H groups in total. The lowest BCUT2D eigenvalue weighted by Crippen LogP contribution is -1.94. The van der Waals surface area contributed by atoms with Gasteiger partial charge in [-0.3, -0.25) is 4.98 Å². The Morgan fingerprint density at radius 1 is 1.31 bits per heavy atom. The van der Waals surface area contributed by atoms with Crippen LogP contribution in [-0.4, -0.2) is 9.55 Å². The molecule has 2 heteroatoms. The number of hydrogen-bond acceptors (Lipinski definition) is 1. The predicted molar refractivity (Wildman–Crippen MR) is 53.3 cm³/mol. The van der Waals surface area contributed by atoms with Gasteiger partial charge in [-0.1, -0.05) is 0 Å². The average molecular weight is 172 g/mol. The quantitative estimate of drug-likeness (QED) is 0.680. The monoisotopic (exact) mass is 172 g/mol. The molecule has 0 aliphatic heterocycles. The molecule has 0 atom stereocenters. The molecule has 66 valence electrons. The van der Waals surface area contributed by atoms with Crippen LogP contribution < -0.4 is 0 Å². The second-order valence-corrected chi connectivity index (χ2v) is 2.92. The molecule has 0 aliphatic rings. The maximum Gasteiger partial charge on any atom is 0.0495 e. The predicted octanol–water partition coefficient (Wildman–Crippen LogP) is 2.57. The van der Waals surface area contributed by atoms with Gasteiger partial charge in [0.05, 0.1) is 0 Å². The van der Waals surface area contributed by atoms with Gasteiger partial charge in [-0.25, -0.2) is 0 Å². The summed E-state index contributed by atoms with van der Waals surface area (Å²) >= 11 is 0. The first-order valence-corrected chi connectivity index (χ1v) is 4.47. The Bertz CT molecular complexity index is 376. The Labute approximate surface area is 77.9 Å². The summed E-state index contributed by atoms with van der Waals surface area (Å²) in [6.45, 7) is 3.14. The minimum Gasteiger partial charge on any atom is -0.348 e. The van der Waals surface area contributed by atoms with Crippen LogP contribution in [0.5, 0.6) is 0 Å². The summed E-state index contributed by atoms with van der Waals surface area (Å²) in [5.41, 5.74) is 2.41. The van der Waals surface area contributed by atoms with Crippen LogP contribution in [-0.2, 0) is 6.54 Å². The first-order valence-electron chi connectivity index (χ1n) is 4.47. The molecule has 0 saturated heterocycles. The van der Waals surface area contributed by atoms with Crippen molar-refractivity contribution in [1.29, 1.82) is 0 Å². The molecule has 2 heterocycles. The minimum atomic E-state index is 0.997. The zero-order valence-electron chi connectivity index (χ0n) is 7.64. The SMILES string of the molecule is CCn1cccc1-c1cccnc1. The van der Waals surface area contributed by atoms with Crippen molar-refractivity contribution in [3.05, 3.63) is 42.9 Å². The molecule has 13 heavy (non-hydrogen) atoms. The Morgan fingerprint density at radius 2 is 2.23 bits per heavy atom. The number of hydrogen-bond donors (Lipinski definition) is 0. The number of nitrogens with zero attached hydrogens (tertiary/aromatic N) is 2. The van der Waals surface area contributed by atoms with Gasteiger partial charge in [0.25, 0.3) is 0 Å². The average Bonchev–Trinajstić information content (AvgIpc) is 2.67. The Morgan fingerprint density at radius 3 is 2.92 bits per heavy atom. The van der Waals surface area contributed by atoms with Crippen molar-refractivity contribution in [3.63, 3.8) is 0 Å². The Kier molecular flexibility index (Phi) is 2.13. The van der Waals surface area contributed by atoms with Gasteiger partial charge >= 0.3 is 0 Å². The summed E-state index contributed by atoms with van der Waals surface area (Å²) in [4.78, 5) is 4.10. The van der Waals surface area contributed by atoms with E-state index in [9.17, 15) is 0 Å². The number of aryl methyl sites for hydroxylation is 1. The topological polar surface area (TPSA) is 17.8 Å². The van der Waals surface area contributed by atoms with E-state index in [1.54, 1.807) is 6.20 Å². The van der Waals surface area contributed by atoms with Gasteiger partial charge in [-0.2, -0.15) is 0 Å². The molecule has 0 aliphatic carbocycles. The fourth-order valence-corrected chi connectivity index (χ4v) is 1.47. The fourth-order valence-electron chi connectivity index (χ4n) is 1.47. The summed E-state index contributed by atoms with van der Waals surface area (Å²) in [6.07, 6.45) is 5.77. The van der Waals surface area contributed by atoms with E-state index in [0.717, 1.165) is 6.54 Å². The molecular weight excluding hydrogens is 160 g/mol. The van der Waals surface area contributed by atoms with Crippen molar-refractivity contribution in [3.8, 4) is 11.3 Å². The highest BCUT2D eigenvalue weighted by atomic mass is 15.0. The molecule has 2 rings (SSSR count). The van der Waals surface area contributed by atoms with Crippen LogP contribution in [0, 0.1) is 0 Å². The molecule has 2 nitrogen and oxygen atoms in total. The summed E-state index contributed by atoms with van der Waals surface area (Å²) in [5.74, 6) is 0. The molecule has 2 aromatic rings. The van der Waals surface area contributed by atoms with Crippen LogP contribution in [0.4, 0.5) is 0 Å². The summed E-state index contributed by atoms with van der Waals surface area (Å²) in [5, 5.41) is 0. The van der Waals surface area contributed by atoms with Crippen LogP contribution in [0.15, 0.2) is 42.9 Å². The van der Waals surface area contributed by atoms with E-state index in [0.29, 0.717) is 0 Å². The van der Waals surface area contributed by atoms with E-state index in [4.69, 9.17) is 0 Å². The standard InChI is InChI=1S/C11H12N2/c1-2-13-8-4-6-11(13)10-5-3-7-12-9-10/h3-9H,2H2,1H3. The van der Waals surface area contributed by atoms with E-state index < -0.39 is 0 Å². The summed E-state index contributed by atoms with van der Waals surface area (Å²) < 4.78 is 2.21. The maximum absolute atomic E-state index is 4.10. The molecule has 0 bridgehead atoms. The molecule has 0 saturated carbocycles. The highest BCUT2D eigenvalue weighted by molar-refractivity contribution is 5.58. The molecule has 0 fully saturated rings. The van der Waals surface area contributed by atoms with Gasteiger partial charge in [-0.15, -0.1) is 0 Å². The number of rotatable bonds is 2. The van der Waals surface area contributed by atoms with E-state index in [2.05, 4.69) is 40.9 Å². The minimum absolute atomic E-state index is 0.997. The van der Waals surface area contributed by atoms with Gasteiger partial charge in [0, 0.05) is 36.4 Å². The third-order valence-electron chi connectivity index (χ3n) is 2.13. The molecule has 0 unspecified atom stereocenters. The van der Waals surface area contributed by atoms with Crippen LogP contribution in [0.3, 0.4) is 0 Å². The van der Waals surface area contributed by atoms with Crippen LogP contribution in [0.25, 0.3) is 11.3 Å². The lowest BCUT2D eigenvalue weighted by atomic mass is 10.2. The fraction of sp³-hybridized carbons (Fsp3) is 0.182. The van der Waals surface area contributed by atoms with Gasteiger partial charge in [0.15, 0.2) is 0 Å². The Hall–Kier alpha value is -1.57. The lowest BCUT2D eigenvalue weighted by molar-refractivity contribution is 0.777. The van der Waals surface area contributed by atoms with Crippen molar-refractivity contribution >= 4 is 0 Å². The van der Waals surface area contributed by atoms with Gasteiger partial charge < -0.3 is 4.57 Å². The second-order valence-electron chi connectivity index (χ2n) is 2.92. The number of aromatic nitrogens is 2. The van der Waals surface area contributed by atoms with Crippen LogP contribution in [0.1, 0.15) is 6.92 Å². The maximum atomic E-state index is 4.10. The third-order valence-corrected chi connectivity index (χ3v) is 2.13. The lowest BCUT2D eigenvalue weighted by Gasteiger charge is -2.04. The van der Waals surface area contributed by atoms with E-state index in [1.165, 1.54) is 11.3 Å². The molecule has 0 aromatic carbocycles. The van der Waals surface area contributed by atoms with Crippen LogP contribution in [0.2, 0.25) is 0 Å². The molecule has 0 radical (unpaired) electrons. The summed E-state index contributed by atoms with van der Waals surface area (Å²) in [6, 6.07) is 8.21. The molecule has 0 spiro atoms. The van der Waals surface area contributed by atoms with E-state index in [-0.39, 0.29) is 0 Å². The van der Waals surface area contributed by atoms with Gasteiger partial charge in [-0.05, 0) is 31.2 Å². The normalized spacial score (nSPS) is 10.2. The second kappa shape index (κ2) is 3.44. The van der Waals surface area contributed by atoms with E-state index in [1.807, 2.05) is 12.3 Å². The highest BCUT2D eigenvalue weighted by Gasteiger charge is 2.00. The first-order chi connectivity index (χ1) is 6.42. The largest absolute Gasteiger partial charge is 0.348 e. The van der Waals surface area contributed by atoms with Crippen molar-refractivity contribution in [2.75, 3.05) is 0 Å². The smallest absolute Gasteiger partial charge is 0.0495 e. The number of pyridine rings is 1. The highest BCUT2D eigenvalue weighted by Crippen LogP contribution is 2.18. The van der Waals surface area contributed by atoms with Crippen molar-refractivity contribution in [1.82, 2.24) is 9.55 Å².